The largest absolute Gasteiger partial charge is 0.422 e. The van der Waals surface area contributed by atoms with E-state index in [1.165, 1.54) is 6.07 Å². The number of nitrogens with zero attached hydrogens (tertiary/aromatic N) is 2. The van der Waals surface area contributed by atoms with E-state index < -0.39 is 26.5 Å². The Labute approximate surface area is 297 Å². The lowest BCUT2D eigenvalue weighted by Crippen LogP contribution is -2.34. The van der Waals surface area contributed by atoms with Gasteiger partial charge < -0.3 is 14.6 Å². The molecule has 0 bridgehead atoms. The molecule has 0 spiro atoms. The molecule has 1 heterocycles. The zero-order valence-electron chi connectivity index (χ0n) is 30.1. The van der Waals surface area contributed by atoms with Crippen LogP contribution < -0.4 is 20.6 Å². The third-order valence-corrected chi connectivity index (χ3v) is 10.4. The first kappa shape index (κ1) is 40.5. The summed E-state index contributed by atoms with van der Waals surface area (Å²) < 4.78 is 33.4. The number of benzene rings is 2. The maximum absolute atomic E-state index is 13.1. The monoisotopic (exact) mass is 712 g/mol. The van der Waals surface area contributed by atoms with Gasteiger partial charge in [0.1, 0.15) is 16.8 Å². The van der Waals surface area contributed by atoms with Crippen molar-refractivity contribution >= 4 is 44.0 Å². The van der Waals surface area contributed by atoms with Gasteiger partial charge >= 0.3 is 5.63 Å². The van der Waals surface area contributed by atoms with Crippen molar-refractivity contribution in [2.24, 2.45) is 0 Å². The Morgan fingerprint density at radius 3 is 2.08 bits per heavy atom. The number of hydrogen-bond acceptors (Lipinski definition) is 8. The number of rotatable bonds is 25. The third kappa shape index (κ3) is 12.4. The number of hydrogen-bond donors (Lipinski definition) is 2. The van der Waals surface area contributed by atoms with Crippen molar-refractivity contribution in [1.82, 2.24) is 5.32 Å². The quantitative estimate of drug-likeness (QED) is 0.0383. The summed E-state index contributed by atoms with van der Waals surface area (Å²) in [6, 6.07) is 12.2. The van der Waals surface area contributed by atoms with Crippen LogP contribution in [0.25, 0.3) is 11.0 Å². The Morgan fingerprint density at radius 2 is 1.44 bits per heavy atom. The minimum Gasteiger partial charge on any atom is -0.422 e. The summed E-state index contributed by atoms with van der Waals surface area (Å²) in [5.74, 6) is -0.470. The Hall–Kier alpha value is -3.93. The molecule has 0 aliphatic heterocycles. The van der Waals surface area contributed by atoms with Gasteiger partial charge in [0.05, 0.1) is 16.4 Å². The van der Waals surface area contributed by atoms with Crippen LogP contribution in [0.4, 0.5) is 17.1 Å². The number of unbranched alkanes of at least 4 members (excludes halogenated alkanes) is 12. The number of nitro groups is 1. The molecule has 0 aliphatic rings. The molecule has 0 saturated heterocycles. The fourth-order valence-corrected chi connectivity index (χ4v) is 7.56. The van der Waals surface area contributed by atoms with Gasteiger partial charge in [0.25, 0.3) is 11.6 Å². The Morgan fingerprint density at radius 1 is 0.820 bits per heavy atom. The summed E-state index contributed by atoms with van der Waals surface area (Å²) in [7, 11) is -3.69. The number of nitrogens with one attached hydrogen (secondary N) is 2. The second-order valence-corrected chi connectivity index (χ2v) is 14.7. The first-order valence-corrected chi connectivity index (χ1v) is 20.1. The fraction of sp³-hybridized carbons (Fsp3) is 0.579. The number of anilines is 2. The molecule has 1 aromatic heterocycles. The first-order valence-electron chi connectivity index (χ1n) is 18.5. The predicted molar refractivity (Wildman–Crippen MR) is 203 cm³/mol. The van der Waals surface area contributed by atoms with Crippen LogP contribution in [0.5, 0.6) is 0 Å². The van der Waals surface area contributed by atoms with E-state index in [9.17, 15) is 28.1 Å². The lowest BCUT2D eigenvalue weighted by molar-refractivity contribution is -0.384. The van der Waals surface area contributed by atoms with Crippen molar-refractivity contribution < 1.29 is 22.6 Å². The molecular formula is C38H56N4O7S. The van der Waals surface area contributed by atoms with E-state index in [1.807, 2.05) is 36.9 Å². The number of carbonyl (C=O) groups is 1. The number of fused-ring (bicyclic) bond motifs is 1. The fourth-order valence-electron chi connectivity index (χ4n) is 6.38. The summed E-state index contributed by atoms with van der Waals surface area (Å²) in [4.78, 5) is 39.3. The van der Waals surface area contributed by atoms with Gasteiger partial charge in [-0.3, -0.25) is 19.6 Å². The van der Waals surface area contributed by atoms with E-state index in [0.717, 1.165) is 88.9 Å². The zero-order chi connectivity index (χ0) is 36.4. The van der Waals surface area contributed by atoms with Crippen molar-refractivity contribution in [3.05, 3.63) is 74.1 Å². The highest BCUT2D eigenvalue weighted by Gasteiger charge is 2.25. The van der Waals surface area contributed by atoms with E-state index in [1.54, 1.807) is 18.2 Å². The van der Waals surface area contributed by atoms with Gasteiger partial charge in [-0.15, -0.1) is 0 Å². The highest BCUT2D eigenvalue weighted by Crippen LogP contribution is 2.31. The zero-order valence-corrected chi connectivity index (χ0v) is 31.0. The standard InChI is InChI=1S/C38H56N4O7S/c1-4-7-8-17-23-30-24-22-26-32(35(30)42(45)46)40-50(47,48)29-21-16-14-12-10-9-11-13-15-20-28-39-37(43)34-36(41(5-2)6-3)31-25-18-19-27-33(31)49-38(34)44/h18-19,22,24-27,40H,4-17,20-21,23,28-29H2,1-3H3,(H,39,43). The van der Waals surface area contributed by atoms with Crippen LogP contribution in [-0.2, 0) is 16.4 Å². The van der Waals surface area contributed by atoms with Gasteiger partial charge in [-0.2, -0.15) is 0 Å². The van der Waals surface area contributed by atoms with Crippen molar-refractivity contribution in [3.8, 4) is 0 Å². The van der Waals surface area contributed by atoms with Crippen LogP contribution in [0.15, 0.2) is 51.7 Å². The van der Waals surface area contributed by atoms with Crippen LogP contribution >= 0.6 is 0 Å². The molecule has 50 heavy (non-hydrogen) atoms. The average Bonchev–Trinajstić information content (AvgIpc) is 3.08. The number of carbonyl (C=O) groups excluding carboxylic acids is 1. The second kappa shape index (κ2) is 21.3. The maximum atomic E-state index is 13.1. The van der Waals surface area contributed by atoms with Crippen LogP contribution in [0.2, 0.25) is 0 Å². The smallest absolute Gasteiger partial charge is 0.351 e. The summed E-state index contributed by atoms with van der Waals surface area (Å²) in [6.45, 7) is 7.90. The number of nitro benzene ring substituents is 1. The Bertz CT molecular complexity index is 1690. The maximum Gasteiger partial charge on any atom is 0.351 e. The first-order chi connectivity index (χ1) is 24.1. The van der Waals surface area contributed by atoms with E-state index >= 15 is 0 Å². The molecule has 3 aromatic rings. The van der Waals surface area contributed by atoms with Crippen molar-refractivity contribution in [2.75, 3.05) is 35.0 Å². The molecule has 0 atom stereocenters. The summed E-state index contributed by atoms with van der Waals surface area (Å²) in [6.07, 6.45) is 13.9. The predicted octanol–water partition coefficient (Wildman–Crippen LogP) is 8.74. The molecule has 12 heteroatoms. The van der Waals surface area contributed by atoms with Gasteiger partial charge in [-0.05, 0) is 57.7 Å². The number of aryl methyl sites for hydroxylation is 1. The molecule has 276 valence electrons. The molecule has 0 saturated carbocycles. The summed E-state index contributed by atoms with van der Waals surface area (Å²) in [5, 5.41) is 15.5. The SMILES string of the molecule is CCCCCCc1cccc(NS(=O)(=O)CCCCCCCCCCCCNC(=O)c2c(N(CC)CC)c3ccccc3oc2=O)c1[N+](=O)[O-]. The van der Waals surface area contributed by atoms with Crippen molar-refractivity contribution in [1.29, 1.82) is 0 Å². The minimum atomic E-state index is -3.69. The summed E-state index contributed by atoms with van der Waals surface area (Å²) >= 11 is 0. The number of sulfonamides is 1. The molecule has 0 unspecified atom stereocenters. The molecule has 1 amide bonds. The van der Waals surface area contributed by atoms with E-state index in [0.29, 0.717) is 49.3 Å². The van der Waals surface area contributed by atoms with E-state index in [2.05, 4.69) is 17.0 Å². The lowest BCUT2D eigenvalue weighted by atomic mass is 10.0. The van der Waals surface area contributed by atoms with E-state index in [4.69, 9.17) is 4.42 Å². The molecule has 2 N–H and O–H groups in total. The van der Waals surface area contributed by atoms with Crippen LogP contribution in [0.3, 0.4) is 0 Å². The molecule has 3 rings (SSSR count). The van der Waals surface area contributed by atoms with Gasteiger partial charge in [0.2, 0.25) is 10.0 Å². The summed E-state index contributed by atoms with van der Waals surface area (Å²) in [5.41, 5.74) is 0.999. The van der Waals surface area contributed by atoms with Crippen molar-refractivity contribution in [3.63, 3.8) is 0 Å². The normalized spacial score (nSPS) is 11.5. The molecule has 2 aromatic carbocycles. The molecule has 0 aliphatic carbocycles. The van der Waals surface area contributed by atoms with Gasteiger partial charge in [-0.1, -0.05) is 102 Å². The second-order valence-electron chi connectivity index (χ2n) is 12.9. The van der Waals surface area contributed by atoms with Crippen LogP contribution in [0, 0.1) is 10.1 Å². The third-order valence-electron chi connectivity index (χ3n) is 9.09. The molecular weight excluding hydrogens is 657 g/mol. The Balaban J connectivity index is 1.30. The van der Waals surface area contributed by atoms with Gasteiger partial charge in [0.15, 0.2) is 0 Å². The minimum absolute atomic E-state index is 0.0484. The van der Waals surface area contributed by atoms with Crippen molar-refractivity contribution in [2.45, 2.75) is 117 Å². The van der Waals surface area contributed by atoms with Crippen LogP contribution in [0.1, 0.15) is 127 Å². The molecule has 0 fully saturated rings. The van der Waals surface area contributed by atoms with Gasteiger partial charge in [0, 0.05) is 30.6 Å². The van der Waals surface area contributed by atoms with E-state index in [-0.39, 0.29) is 22.7 Å². The van der Waals surface area contributed by atoms with Crippen LogP contribution in [-0.4, -0.2) is 44.6 Å². The lowest BCUT2D eigenvalue weighted by Gasteiger charge is -2.24. The van der Waals surface area contributed by atoms with Gasteiger partial charge in [-0.25, -0.2) is 13.2 Å². The highest BCUT2D eigenvalue weighted by atomic mass is 32.2. The Kier molecular flexibility index (Phi) is 17.3. The molecule has 0 radical (unpaired) electrons. The topological polar surface area (TPSA) is 152 Å². The molecule has 11 nitrogen and oxygen atoms in total. The number of amides is 1. The number of para-hydroxylation sites is 2. The average molecular weight is 713 g/mol. The highest BCUT2D eigenvalue weighted by molar-refractivity contribution is 7.92.